The Hall–Kier alpha value is -2.45. The fraction of sp³-hybridized carbons (Fsp3) is 0.188. The molecule has 0 spiro atoms. The number of carbonyl (C=O) groups excluding carboxylic acids is 1. The summed E-state index contributed by atoms with van der Waals surface area (Å²) in [6.07, 6.45) is 0. The first-order valence-electron chi connectivity index (χ1n) is 7.02. The highest BCUT2D eigenvalue weighted by Crippen LogP contribution is 2.21. The third-order valence-electron chi connectivity index (χ3n) is 3.25. The molecule has 0 aromatic heterocycles. The van der Waals surface area contributed by atoms with E-state index in [-0.39, 0.29) is 10.6 Å². The van der Waals surface area contributed by atoms with Crippen LogP contribution in [-0.4, -0.2) is 28.0 Å². The van der Waals surface area contributed by atoms with Crippen LogP contribution in [0.3, 0.4) is 0 Å². The molecule has 0 fully saturated rings. The minimum absolute atomic E-state index is 0.0120. The number of nitrogens with one attached hydrogen (secondary N) is 2. The largest absolute Gasteiger partial charge is 0.496 e. The Bertz CT molecular complexity index is 853. The number of amides is 1. The van der Waals surface area contributed by atoms with Crippen molar-refractivity contribution in [2.75, 3.05) is 19.0 Å². The molecule has 0 aliphatic heterocycles. The number of sulfonamides is 1. The van der Waals surface area contributed by atoms with Gasteiger partial charge in [-0.05, 0) is 42.8 Å². The summed E-state index contributed by atoms with van der Waals surface area (Å²) in [4.78, 5) is 11.8. The van der Waals surface area contributed by atoms with Gasteiger partial charge in [-0.25, -0.2) is 17.5 Å². The van der Waals surface area contributed by atoms with Crippen LogP contribution >= 0.6 is 0 Å². The summed E-state index contributed by atoms with van der Waals surface area (Å²) >= 11 is 0. The van der Waals surface area contributed by atoms with Crippen molar-refractivity contribution in [1.82, 2.24) is 4.72 Å². The number of anilines is 1. The first-order valence-corrected chi connectivity index (χ1v) is 8.50. The predicted molar refractivity (Wildman–Crippen MR) is 87.9 cm³/mol. The highest BCUT2D eigenvalue weighted by molar-refractivity contribution is 7.89. The van der Waals surface area contributed by atoms with Crippen LogP contribution in [0.2, 0.25) is 0 Å². The number of para-hydroxylation sites is 1. The molecule has 0 heterocycles. The lowest BCUT2D eigenvalue weighted by Gasteiger charge is -2.10. The highest BCUT2D eigenvalue weighted by atomic mass is 32.2. The smallest absolute Gasteiger partial charge is 0.241 e. The second-order valence-electron chi connectivity index (χ2n) is 4.98. The van der Waals surface area contributed by atoms with Crippen LogP contribution in [0.25, 0.3) is 0 Å². The van der Waals surface area contributed by atoms with E-state index >= 15 is 0 Å². The molecule has 2 aromatic carbocycles. The molecule has 6 nitrogen and oxygen atoms in total. The van der Waals surface area contributed by atoms with Crippen LogP contribution in [0, 0.1) is 12.7 Å². The summed E-state index contributed by atoms with van der Waals surface area (Å²) in [6.45, 7) is 1.20. The highest BCUT2D eigenvalue weighted by Gasteiger charge is 2.17. The van der Waals surface area contributed by atoms with Gasteiger partial charge in [0.15, 0.2) is 0 Å². The fourth-order valence-corrected chi connectivity index (χ4v) is 3.09. The number of methoxy groups -OCH3 is 1. The molecular formula is C16H17FN2O4S. The molecule has 1 amide bonds. The number of hydrogen-bond donors (Lipinski definition) is 2. The van der Waals surface area contributed by atoms with E-state index < -0.39 is 28.3 Å². The van der Waals surface area contributed by atoms with Crippen molar-refractivity contribution in [3.05, 3.63) is 53.8 Å². The average Bonchev–Trinajstić information content (AvgIpc) is 2.55. The maximum Gasteiger partial charge on any atom is 0.241 e. The summed E-state index contributed by atoms with van der Waals surface area (Å²) < 4.78 is 45.1. The van der Waals surface area contributed by atoms with Gasteiger partial charge in [-0.15, -0.1) is 0 Å². The summed E-state index contributed by atoms with van der Waals surface area (Å²) in [7, 11) is -2.38. The molecule has 0 radical (unpaired) electrons. The van der Waals surface area contributed by atoms with Crippen molar-refractivity contribution < 1.29 is 22.3 Å². The number of rotatable bonds is 6. The van der Waals surface area contributed by atoms with E-state index in [4.69, 9.17) is 4.74 Å². The predicted octanol–water partition coefficient (Wildman–Crippen LogP) is 2.06. The standard InChI is InChI=1S/C16H17FN2O4S/c1-11-9-12(7-8-15(11)23-2)24(21,22)18-10-16(20)19-14-6-4-3-5-13(14)17/h3-9,18H,10H2,1-2H3,(H,19,20). The summed E-state index contributed by atoms with van der Waals surface area (Å²) in [5, 5.41) is 2.30. The van der Waals surface area contributed by atoms with Gasteiger partial charge in [0.25, 0.3) is 0 Å². The normalized spacial score (nSPS) is 11.1. The molecule has 2 rings (SSSR count). The Labute approximate surface area is 139 Å². The molecule has 128 valence electrons. The minimum Gasteiger partial charge on any atom is -0.496 e. The maximum atomic E-state index is 13.4. The zero-order valence-corrected chi connectivity index (χ0v) is 14.0. The second kappa shape index (κ2) is 7.41. The molecule has 2 N–H and O–H groups in total. The van der Waals surface area contributed by atoms with Gasteiger partial charge in [0.2, 0.25) is 15.9 Å². The van der Waals surface area contributed by atoms with E-state index in [2.05, 4.69) is 10.0 Å². The van der Waals surface area contributed by atoms with Crippen LogP contribution in [0.15, 0.2) is 47.4 Å². The number of aryl methyl sites for hydroxylation is 1. The van der Waals surface area contributed by atoms with Gasteiger partial charge in [-0.3, -0.25) is 4.79 Å². The van der Waals surface area contributed by atoms with Gasteiger partial charge < -0.3 is 10.1 Å². The summed E-state index contributed by atoms with van der Waals surface area (Å²) in [5.41, 5.74) is 0.637. The SMILES string of the molecule is COc1ccc(S(=O)(=O)NCC(=O)Nc2ccccc2F)cc1C. The van der Waals surface area contributed by atoms with Crippen LogP contribution < -0.4 is 14.8 Å². The molecular weight excluding hydrogens is 335 g/mol. The first-order chi connectivity index (χ1) is 11.3. The number of ether oxygens (including phenoxy) is 1. The van der Waals surface area contributed by atoms with E-state index in [1.165, 1.54) is 43.5 Å². The van der Waals surface area contributed by atoms with Gasteiger partial charge in [0.05, 0.1) is 24.2 Å². The molecule has 2 aromatic rings. The van der Waals surface area contributed by atoms with E-state index in [1.54, 1.807) is 13.0 Å². The zero-order chi connectivity index (χ0) is 17.7. The van der Waals surface area contributed by atoms with Gasteiger partial charge in [0, 0.05) is 0 Å². The Kier molecular flexibility index (Phi) is 5.53. The summed E-state index contributed by atoms with van der Waals surface area (Å²) in [5.74, 6) is -0.709. The lowest BCUT2D eigenvalue weighted by Crippen LogP contribution is -2.33. The monoisotopic (exact) mass is 352 g/mol. The van der Waals surface area contributed by atoms with Crippen molar-refractivity contribution in [1.29, 1.82) is 0 Å². The van der Waals surface area contributed by atoms with Gasteiger partial charge in [0.1, 0.15) is 11.6 Å². The van der Waals surface area contributed by atoms with E-state index in [0.29, 0.717) is 11.3 Å². The quantitative estimate of drug-likeness (QED) is 0.833. The van der Waals surface area contributed by atoms with E-state index in [9.17, 15) is 17.6 Å². The maximum absolute atomic E-state index is 13.4. The van der Waals surface area contributed by atoms with Crippen molar-refractivity contribution in [3.63, 3.8) is 0 Å². The number of halogens is 1. The third kappa shape index (κ3) is 4.30. The topological polar surface area (TPSA) is 84.5 Å². The van der Waals surface area contributed by atoms with Crippen LogP contribution in [0.1, 0.15) is 5.56 Å². The van der Waals surface area contributed by atoms with Crippen LogP contribution in [0.4, 0.5) is 10.1 Å². The molecule has 0 aliphatic carbocycles. The molecule has 8 heteroatoms. The lowest BCUT2D eigenvalue weighted by molar-refractivity contribution is -0.115. The molecule has 24 heavy (non-hydrogen) atoms. The van der Waals surface area contributed by atoms with Crippen LogP contribution in [0.5, 0.6) is 5.75 Å². The molecule has 0 unspecified atom stereocenters. The van der Waals surface area contributed by atoms with E-state index in [1.807, 2.05) is 0 Å². The fourth-order valence-electron chi connectivity index (χ4n) is 2.02. The molecule has 0 saturated heterocycles. The van der Waals surface area contributed by atoms with Gasteiger partial charge >= 0.3 is 0 Å². The van der Waals surface area contributed by atoms with Gasteiger partial charge in [-0.2, -0.15) is 0 Å². The van der Waals surface area contributed by atoms with Crippen LogP contribution in [-0.2, 0) is 14.8 Å². The minimum atomic E-state index is -3.87. The van der Waals surface area contributed by atoms with Crippen molar-refractivity contribution in [2.45, 2.75) is 11.8 Å². The number of hydrogen-bond acceptors (Lipinski definition) is 4. The molecule has 0 aliphatic rings. The van der Waals surface area contributed by atoms with Crippen molar-refractivity contribution in [2.24, 2.45) is 0 Å². The number of benzene rings is 2. The van der Waals surface area contributed by atoms with Crippen molar-refractivity contribution in [3.8, 4) is 5.75 Å². The van der Waals surface area contributed by atoms with E-state index in [0.717, 1.165) is 0 Å². The molecule has 0 saturated carbocycles. The molecule has 0 atom stereocenters. The zero-order valence-electron chi connectivity index (χ0n) is 13.2. The Morgan fingerprint density at radius 3 is 2.54 bits per heavy atom. The number of carbonyl (C=O) groups is 1. The second-order valence-corrected chi connectivity index (χ2v) is 6.75. The van der Waals surface area contributed by atoms with Crippen molar-refractivity contribution >= 4 is 21.6 Å². The Balaban J connectivity index is 2.03. The summed E-state index contributed by atoms with van der Waals surface area (Å²) in [6, 6.07) is 9.97. The Morgan fingerprint density at radius 1 is 1.21 bits per heavy atom. The third-order valence-corrected chi connectivity index (χ3v) is 4.65. The molecule has 0 bridgehead atoms. The first kappa shape index (κ1) is 17.9. The average molecular weight is 352 g/mol. The lowest BCUT2D eigenvalue weighted by atomic mass is 10.2. The van der Waals surface area contributed by atoms with Gasteiger partial charge in [-0.1, -0.05) is 12.1 Å². The Morgan fingerprint density at radius 2 is 1.92 bits per heavy atom.